The Morgan fingerprint density at radius 3 is 2.35 bits per heavy atom. The molecule has 0 aromatic heterocycles. The molecule has 0 N–H and O–H groups in total. The van der Waals surface area contributed by atoms with Crippen LogP contribution in [0.1, 0.15) is 29.9 Å². The Bertz CT molecular complexity index is 751. The normalized spacial score (nSPS) is 10.7. The Morgan fingerprint density at radius 1 is 1.23 bits per heavy atom. The van der Waals surface area contributed by atoms with Crippen LogP contribution in [-0.4, -0.2) is 14.7 Å². The fourth-order valence-corrected chi connectivity index (χ4v) is 2.48. The molecule has 2 aromatic carbocycles. The van der Waals surface area contributed by atoms with Gasteiger partial charge in [-0.3, -0.25) is 4.18 Å². The number of hydrogen-bond acceptors (Lipinski definition) is 3. The fourth-order valence-electron chi connectivity index (χ4n) is 1.98. The first-order chi connectivity index (χ1) is 11.8. The Morgan fingerprint density at radius 2 is 1.88 bits per heavy atom. The van der Waals surface area contributed by atoms with Crippen LogP contribution in [0.15, 0.2) is 42.5 Å². The van der Waals surface area contributed by atoms with E-state index < -0.39 is 10.1 Å². The van der Waals surface area contributed by atoms with Crippen LogP contribution < -0.4 is 18.9 Å². The first kappa shape index (κ1) is 25.2. The van der Waals surface area contributed by atoms with Crippen LogP contribution in [0.25, 0.3) is 0 Å². The third kappa shape index (κ3) is 9.75. The summed E-state index contributed by atoms with van der Waals surface area (Å²) in [4.78, 5) is 0. The zero-order valence-corrected chi connectivity index (χ0v) is 16.6. The smallest absolute Gasteiger partial charge is 0.343 e. The third-order valence-corrected chi connectivity index (χ3v) is 4.08. The number of rotatable bonds is 6. The Balaban J connectivity index is 0.000000464. The summed E-state index contributed by atoms with van der Waals surface area (Å²) in [5.74, 6) is -0.165. The van der Waals surface area contributed by atoms with Crippen molar-refractivity contribution in [3.05, 3.63) is 84.3 Å². The molecular formula is C19H21ClFLiO3S-2. The average molecular weight is 391 g/mol. The Hall–Kier alpha value is -0.833. The zero-order valence-electron chi connectivity index (χ0n) is 15.0. The number of hydrogen-bond donors (Lipinski definition) is 0. The van der Waals surface area contributed by atoms with Crippen LogP contribution in [-0.2, 0) is 20.9 Å². The van der Waals surface area contributed by atoms with Gasteiger partial charge in [0.05, 0.1) is 12.9 Å². The van der Waals surface area contributed by atoms with Gasteiger partial charge in [-0.05, 0) is 17.7 Å². The van der Waals surface area contributed by atoms with Gasteiger partial charge < -0.3 is 13.8 Å². The molecule has 0 atom stereocenters. The summed E-state index contributed by atoms with van der Waals surface area (Å²) in [5, 5.41) is 0.424. The molecule has 0 unspecified atom stereocenters. The minimum atomic E-state index is -3.34. The molecule has 138 valence electrons. The topological polar surface area (TPSA) is 43.4 Å². The molecule has 0 aliphatic carbocycles. The van der Waals surface area contributed by atoms with Gasteiger partial charge in [-0.15, -0.1) is 5.56 Å². The summed E-state index contributed by atoms with van der Waals surface area (Å²) in [6.07, 6.45) is 2.33. The van der Waals surface area contributed by atoms with Crippen molar-refractivity contribution in [2.24, 2.45) is 0 Å². The summed E-state index contributed by atoms with van der Waals surface area (Å²) < 4.78 is 39.0. The molecule has 3 nitrogen and oxygen atoms in total. The monoisotopic (exact) mass is 390 g/mol. The van der Waals surface area contributed by atoms with E-state index in [2.05, 4.69) is 24.1 Å². The second-order valence-electron chi connectivity index (χ2n) is 5.29. The van der Waals surface area contributed by atoms with E-state index in [-0.39, 0.29) is 37.2 Å². The largest absolute Gasteiger partial charge is 1.00 e. The molecule has 26 heavy (non-hydrogen) atoms. The molecule has 0 saturated carbocycles. The second-order valence-corrected chi connectivity index (χ2v) is 7.37. The van der Waals surface area contributed by atoms with E-state index in [9.17, 15) is 12.8 Å². The number of benzene rings is 2. The molecule has 0 amide bonds. The minimum Gasteiger partial charge on any atom is -0.343 e. The maximum absolute atomic E-state index is 13.3. The molecule has 0 saturated heterocycles. The predicted molar refractivity (Wildman–Crippen MR) is 99.0 cm³/mol. The van der Waals surface area contributed by atoms with E-state index in [1.165, 1.54) is 6.07 Å². The summed E-state index contributed by atoms with van der Waals surface area (Å²) >= 11 is 5.64. The van der Waals surface area contributed by atoms with Crippen LogP contribution >= 0.6 is 11.6 Å². The number of halogens is 2. The van der Waals surface area contributed by atoms with Gasteiger partial charge in [0.1, 0.15) is 5.82 Å². The molecule has 0 heterocycles. The van der Waals surface area contributed by atoms with Crippen molar-refractivity contribution in [1.82, 2.24) is 0 Å². The van der Waals surface area contributed by atoms with Gasteiger partial charge in [0.2, 0.25) is 0 Å². The van der Waals surface area contributed by atoms with Gasteiger partial charge in [-0.1, -0.05) is 23.6 Å². The Kier molecular flexibility index (Phi) is 12.1. The summed E-state index contributed by atoms with van der Waals surface area (Å²) in [7, 11) is -3.34. The molecule has 0 aliphatic heterocycles. The van der Waals surface area contributed by atoms with Gasteiger partial charge in [-0.2, -0.15) is 51.6 Å². The molecular weight excluding hydrogens is 370 g/mol. The van der Waals surface area contributed by atoms with Gasteiger partial charge in [0.15, 0.2) is 0 Å². The van der Waals surface area contributed by atoms with Crippen molar-refractivity contribution in [3.8, 4) is 0 Å². The van der Waals surface area contributed by atoms with Crippen LogP contribution in [0, 0.1) is 25.7 Å². The van der Waals surface area contributed by atoms with Crippen molar-refractivity contribution in [2.45, 2.75) is 25.4 Å². The molecule has 7 heteroatoms. The molecule has 0 spiro atoms. The van der Waals surface area contributed by atoms with Crippen molar-refractivity contribution in [2.75, 3.05) is 6.26 Å². The first-order valence-corrected chi connectivity index (χ1v) is 9.79. The quantitative estimate of drug-likeness (QED) is 0.430. The first-order valence-electron chi connectivity index (χ1n) is 7.60. The molecule has 2 rings (SSSR count). The van der Waals surface area contributed by atoms with Crippen LogP contribution in [0.5, 0.6) is 0 Å². The van der Waals surface area contributed by atoms with Gasteiger partial charge in [0.25, 0.3) is 10.1 Å². The van der Waals surface area contributed by atoms with E-state index in [0.29, 0.717) is 23.4 Å². The summed E-state index contributed by atoms with van der Waals surface area (Å²) in [5.41, 5.74) is 1.39. The van der Waals surface area contributed by atoms with Crippen molar-refractivity contribution >= 4 is 21.7 Å². The molecule has 0 aliphatic rings. The maximum atomic E-state index is 13.3. The van der Waals surface area contributed by atoms with Crippen LogP contribution in [0.4, 0.5) is 4.39 Å². The standard InChI is InChI=1S/C11H12ClF.C8H9O3S.Li/c1-3-8(4-2)10-6-5-9(12)7-11(10)13;1-12(9,10)11-7-8-5-3-2-4-6-8;/h5-8H,1-4H2;2-5H,7H2,1H3;/q-2;-1;+1. The SMILES string of the molecule is CS(=O)(=O)OCc1[c-]cccc1.[CH2-]CC(C[CH2-])c1ccc(Cl)cc1F.[Li+]. The van der Waals surface area contributed by atoms with E-state index in [4.69, 9.17) is 11.6 Å². The third-order valence-electron chi connectivity index (χ3n) is 3.30. The van der Waals surface area contributed by atoms with E-state index in [1.54, 1.807) is 30.3 Å². The fraction of sp³-hybridized carbons (Fsp3) is 0.263. The average Bonchev–Trinajstić information content (AvgIpc) is 2.57. The van der Waals surface area contributed by atoms with Crippen LogP contribution in [0.2, 0.25) is 5.02 Å². The molecule has 0 bridgehead atoms. The molecule has 2 aromatic rings. The van der Waals surface area contributed by atoms with Gasteiger partial charge in [-0.25, -0.2) is 4.39 Å². The van der Waals surface area contributed by atoms with E-state index in [1.807, 2.05) is 6.07 Å². The van der Waals surface area contributed by atoms with E-state index >= 15 is 0 Å². The van der Waals surface area contributed by atoms with Gasteiger partial charge in [0, 0.05) is 5.02 Å². The summed E-state index contributed by atoms with van der Waals surface area (Å²) in [6.45, 7) is 7.57. The van der Waals surface area contributed by atoms with Crippen LogP contribution in [0.3, 0.4) is 0 Å². The second kappa shape index (κ2) is 12.5. The Labute approximate surface area is 173 Å². The molecule has 0 radical (unpaired) electrons. The van der Waals surface area contributed by atoms with Crippen molar-refractivity contribution < 1.29 is 35.9 Å². The van der Waals surface area contributed by atoms with Gasteiger partial charge >= 0.3 is 18.9 Å². The minimum absolute atomic E-state index is 0. The van der Waals surface area contributed by atoms with E-state index in [0.717, 1.165) is 11.8 Å². The zero-order chi connectivity index (χ0) is 18.9. The predicted octanol–water partition coefficient (Wildman–Crippen LogP) is 1.98. The summed E-state index contributed by atoms with van der Waals surface area (Å²) in [6, 6.07) is 14.7. The maximum Gasteiger partial charge on any atom is 1.00 e. The molecule has 0 fully saturated rings. The van der Waals surface area contributed by atoms with Crippen molar-refractivity contribution in [3.63, 3.8) is 0 Å². The van der Waals surface area contributed by atoms with Crippen molar-refractivity contribution in [1.29, 1.82) is 0 Å².